The lowest BCUT2D eigenvalue weighted by Gasteiger charge is -2.06. The highest BCUT2D eigenvalue weighted by molar-refractivity contribution is 8.01. The van der Waals surface area contributed by atoms with E-state index >= 15 is 0 Å². The number of aryl methyl sites for hydroxylation is 1. The second-order valence-electron chi connectivity index (χ2n) is 5.53. The molecule has 0 aliphatic carbocycles. The molecule has 26 heavy (non-hydrogen) atoms. The SMILES string of the molecule is Cc1csc(Sc2ccc(NC(=O)Cc3ccc([N+](=O)[O-])cc3)cc2)n1. The van der Waals surface area contributed by atoms with Crippen molar-refractivity contribution in [1.82, 2.24) is 4.98 Å². The van der Waals surface area contributed by atoms with Crippen LogP contribution in [0.15, 0.2) is 63.1 Å². The summed E-state index contributed by atoms with van der Waals surface area (Å²) in [5, 5.41) is 15.5. The molecule has 2 aromatic carbocycles. The third-order valence-electron chi connectivity index (χ3n) is 3.45. The molecule has 1 N–H and O–H groups in total. The summed E-state index contributed by atoms with van der Waals surface area (Å²) in [5.74, 6) is -0.171. The zero-order valence-electron chi connectivity index (χ0n) is 13.8. The molecule has 0 saturated carbocycles. The molecule has 0 aliphatic heterocycles. The van der Waals surface area contributed by atoms with E-state index in [1.165, 1.54) is 12.1 Å². The monoisotopic (exact) mass is 385 g/mol. The third kappa shape index (κ3) is 4.90. The molecule has 3 aromatic rings. The number of rotatable bonds is 6. The Hall–Kier alpha value is -2.71. The van der Waals surface area contributed by atoms with Crippen molar-refractivity contribution >= 4 is 40.4 Å². The number of amides is 1. The van der Waals surface area contributed by atoms with Gasteiger partial charge in [-0.25, -0.2) is 4.98 Å². The highest BCUT2D eigenvalue weighted by Crippen LogP contribution is 2.30. The van der Waals surface area contributed by atoms with Gasteiger partial charge >= 0.3 is 0 Å². The molecule has 6 nitrogen and oxygen atoms in total. The van der Waals surface area contributed by atoms with Crippen LogP contribution in [0.25, 0.3) is 0 Å². The van der Waals surface area contributed by atoms with E-state index in [4.69, 9.17) is 0 Å². The predicted molar refractivity (Wildman–Crippen MR) is 103 cm³/mol. The van der Waals surface area contributed by atoms with Crippen molar-refractivity contribution in [2.45, 2.75) is 22.6 Å². The van der Waals surface area contributed by atoms with Crippen LogP contribution in [0.4, 0.5) is 11.4 Å². The van der Waals surface area contributed by atoms with Crippen molar-refractivity contribution in [2.24, 2.45) is 0 Å². The number of thiazole rings is 1. The van der Waals surface area contributed by atoms with Gasteiger partial charge in [0.1, 0.15) is 0 Å². The lowest BCUT2D eigenvalue weighted by molar-refractivity contribution is -0.384. The molecule has 0 fully saturated rings. The molecule has 3 rings (SSSR count). The van der Waals surface area contributed by atoms with E-state index in [0.29, 0.717) is 5.69 Å². The Kier molecular flexibility index (Phi) is 5.65. The molecular weight excluding hydrogens is 370 g/mol. The summed E-state index contributed by atoms with van der Waals surface area (Å²) >= 11 is 3.19. The van der Waals surface area contributed by atoms with E-state index in [1.807, 2.05) is 36.6 Å². The molecule has 0 atom stereocenters. The summed E-state index contributed by atoms with van der Waals surface area (Å²) in [4.78, 5) is 27.8. The first-order valence-corrected chi connectivity index (χ1v) is 9.42. The highest BCUT2D eigenvalue weighted by Gasteiger charge is 2.08. The van der Waals surface area contributed by atoms with Gasteiger partial charge in [0.25, 0.3) is 5.69 Å². The van der Waals surface area contributed by atoms with Gasteiger partial charge < -0.3 is 5.32 Å². The van der Waals surface area contributed by atoms with E-state index in [2.05, 4.69) is 10.3 Å². The van der Waals surface area contributed by atoms with Gasteiger partial charge in [-0.2, -0.15) is 0 Å². The topological polar surface area (TPSA) is 85.1 Å². The quantitative estimate of drug-likeness (QED) is 0.491. The van der Waals surface area contributed by atoms with Crippen molar-refractivity contribution in [1.29, 1.82) is 0 Å². The summed E-state index contributed by atoms with van der Waals surface area (Å²) in [5.41, 5.74) is 2.45. The van der Waals surface area contributed by atoms with Crippen molar-refractivity contribution < 1.29 is 9.72 Å². The van der Waals surface area contributed by atoms with Crippen LogP contribution in [0.5, 0.6) is 0 Å². The van der Waals surface area contributed by atoms with Gasteiger partial charge in [-0.15, -0.1) is 11.3 Å². The Morgan fingerprint density at radius 3 is 2.46 bits per heavy atom. The van der Waals surface area contributed by atoms with E-state index < -0.39 is 4.92 Å². The molecule has 0 aliphatic rings. The lowest BCUT2D eigenvalue weighted by Crippen LogP contribution is -2.14. The second kappa shape index (κ2) is 8.11. The molecule has 1 aromatic heterocycles. The van der Waals surface area contributed by atoms with Crippen LogP contribution in [-0.4, -0.2) is 15.8 Å². The summed E-state index contributed by atoms with van der Waals surface area (Å²) in [6.07, 6.45) is 0.160. The number of nitrogens with zero attached hydrogens (tertiary/aromatic N) is 2. The number of hydrogen-bond acceptors (Lipinski definition) is 6. The first-order valence-electron chi connectivity index (χ1n) is 7.73. The van der Waals surface area contributed by atoms with Gasteiger partial charge in [0.05, 0.1) is 11.3 Å². The Labute approximate surface area is 158 Å². The maximum absolute atomic E-state index is 12.1. The maximum Gasteiger partial charge on any atom is 0.269 e. The number of anilines is 1. The number of hydrogen-bond donors (Lipinski definition) is 1. The molecule has 0 unspecified atom stereocenters. The largest absolute Gasteiger partial charge is 0.326 e. The number of non-ortho nitro benzene ring substituents is 1. The summed E-state index contributed by atoms with van der Waals surface area (Å²) in [7, 11) is 0. The molecule has 132 valence electrons. The molecule has 0 bridgehead atoms. The minimum absolute atomic E-state index is 0.0117. The highest BCUT2D eigenvalue weighted by atomic mass is 32.2. The predicted octanol–water partition coefficient (Wildman–Crippen LogP) is 4.69. The average molecular weight is 385 g/mol. The third-order valence-corrected chi connectivity index (χ3v) is 5.52. The van der Waals surface area contributed by atoms with Crippen LogP contribution < -0.4 is 5.32 Å². The van der Waals surface area contributed by atoms with E-state index in [0.717, 1.165) is 20.5 Å². The molecule has 1 heterocycles. The molecule has 0 radical (unpaired) electrons. The maximum atomic E-state index is 12.1. The number of benzene rings is 2. The molecule has 0 saturated heterocycles. The van der Waals surface area contributed by atoms with Gasteiger partial charge in [0.15, 0.2) is 4.34 Å². The van der Waals surface area contributed by atoms with Gasteiger partial charge in [-0.3, -0.25) is 14.9 Å². The number of nitrogens with one attached hydrogen (secondary N) is 1. The fourth-order valence-corrected chi connectivity index (χ4v) is 4.02. The molecular formula is C18H15N3O3S2. The van der Waals surface area contributed by atoms with Crippen molar-refractivity contribution in [3.8, 4) is 0 Å². The second-order valence-corrected chi connectivity index (χ2v) is 7.71. The van der Waals surface area contributed by atoms with Gasteiger partial charge in [-0.1, -0.05) is 23.9 Å². The summed E-state index contributed by atoms with van der Waals surface area (Å²) in [6, 6.07) is 13.5. The Morgan fingerprint density at radius 1 is 1.19 bits per heavy atom. The zero-order valence-corrected chi connectivity index (χ0v) is 15.5. The van der Waals surface area contributed by atoms with E-state index in [-0.39, 0.29) is 18.0 Å². The smallest absolute Gasteiger partial charge is 0.269 e. The molecule has 0 spiro atoms. The van der Waals surface area contributed by atoms with E-state index in [1.54, 1.807) is 35.2 Å². The Bertz CT molecular complexity index is 922. The van der Waals surface area contributed by atoms with Crippen LogP contribution in [0.2, 0.25) is 0 Å². The first-order chi connectivity index (χ1) is 12.5. The number of carbonyl (C=O) groups is 1. The minimum atomic E-state index is -0.462. The molecule has 1 amide bonds. The van der Waals surface area contributed by atoms with Crippen LogP contribution >= 0.6 is 23.1 Å². The van der Waals surface area contributed by atoms with Crippen molar-refractivity contribution in [3.05, 3.63) is 75.3 Å². The van der Waals surface area contributed by atoms with Gasteiger partial charge in [-0.05, 0) is 36.8 Å². The zero-order chi connectivity index (χ0) is 18.5. The normalized spacial score (nSPS) is 10.5. The average Bonchev–Trinajstić information content (AvgIpc) is 3.02. The van der Waals surface area contributed by atoms with Crippen LogP contribution in [-0.2, 0) is 11.2 Å². The lowest BCUT2D eigenvalue weighted by atomic mass is 10.1. The van der Waals surface area contributed by atoms with Crippen molar-refractivity contribution in [3.63, 3.8) is 0 Å². The summed E-state index contributed by atoms with van der Waals surface area (Å²) in [6.45, 7) is 1.96. The van der Waals surface area contributed by atoms with Gasteiger partial charge in [0.2, 0.25) is 5.91 Å². The summed E-state index contributed by atoms with van der Waals surface area (Å²) < 4.78 is 0.984. The fraction of sp³-hybridized carbons (Fsp3) is 0.111. The number of nitro groups is 1. The van der Waals surface area contributed by atoms with Crippen LogP contribution in [0.1, 0.15) is 11.3 Å². The Morgan fingerprint density at radius 2 is 1.88 bits per heavy atom. The molecule has 8 heteroatoms. The Balaban J connectivity index is 1.56. The van der Waals surface area contributed by atoms with E-state index in [9.17, 15) is 14.9 Å². The van der Waals surface area contributed by atoms with Crippen LogP contribution in [0.3, 0.4) is 0 Å². The minimum Gasteiger partial charge on any atom is -0.326 e. The number of carbonyl (C=O) groups excluding carboxylic acids is 1. The van der Waals surface area contributed by atoms with Crippen LogP contribution in [0, 0.1) is 17.0 Å². The first kappa shape index (κ1) is 18.1. The number of nitro benzene ring substituents is 1. The van der Waals surface area contributed by atoms with Crippen molar-refractivity contribution in [2.75, 3.05) is 5.32 Å². The van der Waals surface area contributed by atoms with Gasteiger partial charge in [0, 0.05) is 33.8 Å². The number of aromatic nitrogens is 1. The fourth-order valence-electron chi connectivity index (χ4n) is 2.21. The standard InChI is InChI=1S/C18H15N3O3S2/c1-12-11-25-18(19-12)26-16-8-4-14(5-9-16)20-17(22)10-13-2-6-15(7-3-13)21(23)24/h2-9,11H,10H2,1H3,(H,20,22).